The van der Waals surface area contributed by atoms with Crippen LogP contribution in [0.1, 0.15) is 6.92 Å². The van der Waals surface area contributed by atoms with Crippen LogP contribution in [-0.4, -0.2) is 42.0 Å². The smallest absolute Gasteiger partial charge is 0.346 e. The van der Waals surface area contributed by atoms with Crippen LogP contribution in [0.5, 0.6) is 11.5 Å². The number of nitrogens with one attached hydrogen (secondary N) is 1. The van der Waals surface area contributed by atoms with Crippen molar-refractivity contribution < 1.29 is 28.6 Å². The van der Waals surface area contributed by atoms with Crippen LogP contribution in [0.4, 0.5) is 4.39 Å². The van der Waals surface area contributed by atoms with Crippen molar-refractivity contribution in [3.05, 3.63) is 54.3 Å². The summed E-state index contributed by atoms with van der Waals surface area (Å²) in [7, 11) is 0. The Morgan fingerprint density at radius 1 is 1.07 bits per heavy atom. The molecule has 0 spiro atoms. The summed E-state index contributed by atoms with van der Waals surface area (Å²) in [5.74, 6) is -1.46. The number of halogens is 1. The Bertz CT molecular complexity index is 767. The monoisotopic (exact) mass is 393 g/mol. The number of carbonyl (C=O) groups excluding carboxylic acids is 1. The van der Waals surface area contributed by atoms with E-state index in [1.165, 1.54) is 12.1 Å². The third-order valence-electron chi connectivity index (χ3n) is 3.57. The number of ether oxygens (including phenoxy) is 2. The second-order valence-electron chi connectivity index (χ2n) is 5.58. The number of carboxylic acid groups (broad SMARTS) is 1. The predicted octanol–water partition coefficient (Wildman–Crippen LogP) is 2.96. The quantitative estimate of drug-likeness (QED) is 0.637. The first-order valence-corrected chi connectivity index (χ1v) is 9.35. The first-order valence-electron chi connectivity index (χ1n) is 8.12. The average Bonchev–Trinajstić information content (AvgIpc) is 2.66. The van der Waals surface area contributed by atoms with Crippen molar-refractivity contribution in [2.45, 2.75) is 24.0 Å². The number of rotatable bonds is 9. The van der Waals surface area contributed by atoms with Gasteiger partial charge in [-0.05, 0) is 61.7 Å². The summed E-state index contributed by atoms with van der Waals surface area (Å²) in [6.45, 7) is 1.30. The van der Waals surface area contributed by atoms with E-state index >= 15 is 0 Å². The lowest BCUT2D eigenvalue weighted by molar-refractivity contribution is -0.145. The van der Waals surface area contributed by atoms with Gasteiger partial charge in [-0.15, -0.1) is 11.8 Å². The molecule has 2 aromatic rings. The van der Waals surface area contributed by atoms with Gasteiger partial charge in [0.15, 0.2) is 6.10 Å². The molecule has 0 fully saturated rings. The van der Waals surface area contributed by atoms with Gasteiger partial charge in [-0.25, -0.2) is 9.18 Å². The van der Waals surface area contributed by atoms with Crippen LogP contribution in [0.15, 0.2) is 53.4 Å². The molecule has 0 bridgehead atoms. The summed E-state index contributed by atoms with van der Waals surface area (Å²) in [6.07, 6.45) is -0.170. The van der Waals surface area contributed by atoms with Crippen molar-refractivity contribution in [2.24, 2.45) is 0 Å². The second-order valence-corrected chi connectivity index (χ2v) is 6.46. The highest BCUT2D eigenvalue weighted by atomic mass is 32.2. The number of thioether (sulfide) groups is 1. The van der Waals surface area contributed by atoms with Crippen molar-refractivity contribution in [2.75, 3.05) is 12.8 Å². The minimum atomic E-state index is -1.31. The molecule has 0 aliphatic carbocycles. The fourth-order valence-corrected chi connectivity index (χ4v) is 2.51. The zero-order chi connectivity index (χ0) is 19.8. The van der Waals surface area contributed by atoms with Gasteiger partial charge in [0, 0.05) is 4.90 Å². The molecule has 2 aromatic carbocycles. The molecule has 2 atom stereocenters. The fraction of sp³-hybridized carbons (Fsp3) is 0.263. The van der Waals surface area contributed by atoms with Crippen LogP contribution < -0.4 is 14.8 Å². The number of amides is 1. The Labute approximate surface area is 160 Å². The molecule has 0 saturated heterocycles. The minimum absolute atomic E-state index is 0.191. The van der Waals surface area contributed by atoms with Crippen LogP contribution >= 0.6 is 11.8 Å². The van der Waals surface area contributed by atoms with E-state index in [2.05, 4.69) is 5.32 Å². The first-order chi connectivity index (χ1) is 12.9. The van der Waals surface area contributed by atoms with Crippen molar-refractivity contribution in [3.63, 3.8) is 0 Å². The van der Waals surface area contributed by atoms with Gasteiger partial charge in [-0.2, -0.15) is 0 Å². The molecule has 0 heterocycles. The molecule has 0 aliphatic rings. The van der Waals surface area contributed by atoms with E-state index in [0.29, 0.717) is 5.75 Å². The van der Waals surface area contributed by atoms with E-state index in [1.54, 1.807) is 30.8 Å². The maximum atomic E-state index is 12.9. The molecule has 144 valence electrons. The number of benzene rings is 2. The standard InChI is InChI=1S/C19H20FNO5S/c1-12(25-14-7-9-16(27-2)10-8-14)18(22)21-11-17(19(23)24)26-15-5-3-13(20)4-6-15/h3-10,12,17H,11H2,1-2H3,(H,21,22)(H,23,24). The molecule has 0 radical (unpaired) electrons. The Morgan fingerprint density at radius 2 is 1.63 bits per heavy atom. The molecule has 2 N–H and O–H groups in total. The molecular weight excluding hydrogens is 373 g/mol. The first kappa shape index (κ1) is 20.6. The molecule has 2 unspecified atom stereocenters. The van der Waals surface area contributed by atoms with E-state index < -0.39 is 29.9 Å². The summed E-state index contributed by atoms with van der Waals surface area (Å²) in [5.41, 5.74) is 0. The Morgan fingerprint density at radius 3 is 2.19 bits per heavy atom. The van der Waals surface area contributed by atoms with E-state index in [4.69, 9.17) is 9.47 Å². The molecule has 6 nitrogen and oxygen atoms in total. The van der Waals surface area contributed by atoms with Crippen molar-refractivity contribution in [1.82, 2.24) is 5.32 Å². The molecule has 0 aliphatic heterocycles. The van der Waals surface area contributed by atoms with Crippen LogP contribution in [-0.2, 0) is 9.59 Å². The van der Waals surface area contributed by atoms with Gasteiger partial charge in [0.2, 0.25) is 6.10 Å². The summed E-state index contributed by atoms with van der Waals surface area (Å²) >= 11 is 1.59. The molecule has 8 heteroatoms. The number of aliphatic carboxylic acids is 1. The third-order valence-corrected chi connectivity index (χ3v) is 4.31. The number of carboxylic acids is 1. The lowest BCUT2D eigenvalue weighted by Gasteiger charge is -2.18. The topological polar surface area (TPSA) is 84.9 Å². The minimum Gasteiger partial charge on any atom is -0.481 e. The van der Waals surface area contributed by atoms with Crippen LogP contribution in [0.2, 0.25) is 0 Å². The summed E-state index contributed by atoms with van der Waals surface area (Å²) < 4.78 is 23.7. The Balaban J connectivity index is 1.88. The number of carbonyl (C=O) groups is 2. The van der Waals surface area contributed by atoms with Gasteiger partial charge < -0.3 is 19.9 Å². The third kappa shape index (κ3) is 6.49. The summed E-state index contributed by atoms with van der Waals surface area (Å²) in [5, 5.41) is 11.7. The molecular formula is C19H20FNO5S. The van der Waals surface area contributed by atoms with Crippen molar-refractivity contribution in [3.8, 4) is 11.5 Å². The maximum Gasteiger partial charge on any atom is 0.346 e. The zero-order valence-corrected chi connectivity index (χ0v) is 15.7. The molecule has 2 rings (SSSR count). The van der Waals surface area contributed by atoms with Gasteiger partial charge in [0.25, 0.3) is 5.91 Å². The van der Waals surface area contributed by atoms with Crippen LogP contribution in [0, 0.1) is 5.82 Å². The molecule has 27 heavy (non-hydrogen) atoms. The largest absolute Gasteiger partial charge is 0.481 e. The average molecular weight is 393 g/mol. The lowest BCUT2D eigenvalue weighted by Crippen LogP contribution is -2.44. The zero-order valence-electron chi connectivity index (χ0n) is 14.8. The molecule has 1 amide bonds. The predicted molar refractivity (Wildman–Crippen MR) is 99.8 cm³/mol. The molecule has 0 saturated carbocycles. The lowest BCUT2D eigenvalue weighted by atomic mass is 10.3. The van der Waals surface area contributed by atoms with Crippen molar-refractivity contribution in [1.29, 1.82) is 0 Å². The highest BCUT2D eigenvalue weighted by Crippen LogP contribution is 2.20. The van der Waals surface area contributed by atoms with Gasteiger partial charge in [-0.3, -0.25) is 4.79 Å². The van der Waals surface area contributed by atoms with E-state index in [-0.39, 0.29) is 12.3 Å². The SMILES string of the molecule is CSc1ccc(OC(C)C(=O)NCC(Oc2ccc(F)cc2)C(=O)O)cc1. The summed E-state index contributed by atoms with van der Waals surface area (Å²) in [4.78, 5) is 24.5. The van der Waals surface area contributed by atoms with Crippen LogP contribution in [0.3, 0.4) is 0 Å². The highest BCUT2D eigenvalue weighted by molar-refractivity contribution is 7.98. The Kier molecular flexibility index (Phi) is 7.48. The van der Waals surface area contributed by atoms with Crippen LogP contribution in [0.25, 0.3) is 0 Å². The molecule has 0 aromatic heterocycles. The number of hydrogen-bond acceptors (Lipinski definition) is 5. The van der Waals surface area contributed by atoms with E-state index in [0.717, 1.165) is 17.0 Å². The van der Waals surface area contributed by atoms with Gasteiger partial charge >= 0.3 is 5.97 Å². The van der Waals surface area contributed by atoms with Crippen molar-refractivity contribution >= 4 is 23.6 Å². The summed E-state index contributed by atoms with van der Waals surface area (Å²) in [6, 6.07) is 12.2. The highest BCUT2D eigenvalue weighted by Gasteiger charge is 2.22. The van der Waals surface area contributed by atoms with E-state index in [1.807, 2.05) is 18.4 Å². The Hall–Kier alpha value is -2.74. The fourth-order valence-electron chi connectivity index (χ4n) is 2.11. The second kappa shape index (κ2) is 9.82. The van der Waals surface area contributed by atoms with Gasteiger partial charge in [0.1, 0.15) is 17.3 Å². The number of hydrogen-bond donors (Lipinski definition) is 2. The van der Waals surface area contributed by atoms with Gasteiger partial charge in [-0.1, -0.05) is 0 Å². The van der Waals surface area contributed by atoms with E-state index in [9.17, 15) is 19.1 Å². The van der Waals surface area contributed by atoms with Gasteiger partial charge in [0.05, 0.1) is 6.54 Å². The normalized spacial score (nSPS) is 12.7. The maximum absolute atomic E-state index is 12.9.